The van der Waals surface area contributed by atoms with Crippen molar-refractivity contribution >= 4 is 23.0 Å². The monoisotopic (exact) mass is 228 g/mol. The van der Waals surface area contributed by atoms with Crippen molar-refractivity contribution in [3.05, 3.63) is 23.0 Å². The Labute approximate surface area is 93.6 Å². The summed E-state index contributed by atoms with van der Waals surface area (Å²) in [7, 11) is 0. The molecule has 1 fully saturated rings. The quantitative estimate of drug-likeness (QED) is 0.762. The topological polar surface area (TPSA) is 38.0 Å². The fourth-order valence-corrected chi connectivity index (χ4v) is 1.99. The minimum Gasteiger partial charge on any atom is -0.397 e. The Morgan fingerprint density at radius 1 is 1.47 bits per heavy atom. The number of nitrogen functional groups attached to an aromatic ring is 1. The van der Waals surface area contributed by atoms with Crippen molar-refractivity contribution in [2.45, 2.75) is 31.7 Å². The molecule has 1 aromatic carbocycles. The van der Waals surface area contributed by atoms with Crippen LogP contribution in [0.3, 0.4) is 0 Å². The smallest absolute Gasteiger partial charge is 0.143 e. The molecule has 0 aliphatic heterocycles. The van der Waals surface area contributed by atoms with Crippen LogP contribution in [0.15, 0.2) is 12.1 Å². The predicted octanol–water partition coefficient (Wildman–Crippen LogP) is 3.42. The highest BCUT2D eigenvalue weighted by atomic mass is 35.5. The van der Waals surface area contributed by atoms with Crippen LogP contribution < -0.4 is 11.1 Å². The Morgan fingerprint density at radius 2 is 2.13 bits per heavy atom. The van der Waals surface area contributed by atoms with Gasteiger partial charge in [0.15, 0.2) is 0 Å². The number of rotatable bonds is 2. The summed E-state index contributed by atoms with van der Waals surface area (Å²) in [4.78, 5) is 0. The highest BCUT2D eigenvalue weighted by Crippen LogP contribution is 2.37. The number of hydrogen-bond donors (Lipinski definition) is 2. The molecule has 82 valence electrons. The van der Waals surface area contributed by atoms with Crippen molar-refractivity contribution in [1.82, 2.24) is 0 Å². The lowest BCUT2D eigenvalue weighted by molar-refractivity contribution is 0.307. The predicted molar refractivity (Wildman–Crippen MR) is 61.7 cm³/mol. The van der Waals surface area contributed by atoms with Gasteiger partial charge in [0.1, 0.15) is 5.82 Å². The van der Waals surface area contributed by atoms with E-state index in [9.17, 15) is 4.39 Å². The molecule has 3 N–H and O–H groups in total. The molecule has 1 saturated carbocycles. The van der Waals surface area contributed by atoms with E-state index in [1.165, 1.54) is 12.5 Å². The van der Waals surface area contributed by atoms with E-state index >= 15 is 0 Å². The Morgan fingerprint density at radius 3 is 2.67 bits per heavy atom. The molecule has 2 nitrogen and oxygen atoms in total. The maximum Gasteiger partial charge on any atom is 0.143 e. The number of anilines is 2. The number of nitrogens with one attached hydrogen (secondary N) is 1. The molecule has 1 aliphatic carbocycles. The van der Waals surface area contributed by atoms with Crippen LogP contribution in [0.1, 0.15) is 26.2 Å². The first kappa shape index (κ1) is 10.6. The molecule has 0 atom stereocenters. The van der Waals surface area contributed by atoms with Gasteiger partial charge in [-0.15, -0.1) is 0 Å². The van der Waals surface area contributed by atoms with E-state index in [-0.39, 0.29) is 10.6 Å². The van der Waals surface area contributed by atoms with Gasteiger partial charge in [-0.3, -0.25) is 0 Å². The van der Waals surface area contributed by atoms with Gasteiger partial charge in [0.05, 0.1) is 16.4 Å². The molecule has 0 bridgehead atoms. The first-order valence-corrected chi connectivity index (χ1v) is 5.41. The molecule has 1 aliphatic rings. The number of hydrogen-bond acceptors (Lipinski definition) is 2. The molecule has 0 saturated heterocycles. The zero-order chi connectivity index (χ0) is 11.1. The van der Waals surface area contributed by atoms with E-state index < -0.39 is 5.82 Å². The summed E-state index contributed by atoms with van der Waals surface area (Å²) in [6.45, 7) is 2.13. The molecule has 1 aromatic rings. The highest BCUT2D eigenvalue weighted by molar-refractivity contribution is 6.31. The van der Waals surface area contributed by atoms with E-state index in [4.69, 9.17) is 17.3 Å². The van der Waals surface area contributed by atoms with Gasteiger partial charge >= 0.3 is 0 Å². The van der Waals surface area contributed by atoms with Crippen molar-refractivity contribution < 1.29 is 4.39 Å². The number of nitrogens with two attached hydrogens (primary N) is 1. The van der Waals surface area contributed by atoms with Crippen LogP contribution in [-0.2, 0) is 0 Å². The Hall–Kier alpha value is -0.960. The molecule has 0 unspecified atom stereocenters. The summed E-state index contributed by atoms with van der Waals surface area (Å²) in [6, 6.07) is 2.81. The second-order valence-electron chi connectivity index (χ2n) is 4.39. The average molecular weight is 229 g/mol. The molecular formula is C11H14ClFN2. The van der Waals surface area contributed by atoms with Crippen LogP contribution in [0.5, 0.6) is 0 Å². The standard InChI is InChI=1S/C11H14ClFN2/c1-11(3-2-4-11)15-10-5-7(12)8(13)6-9(10)14/h5-6,15H,2-4,14H2,1H3. The summed E-state index contributed by atoms with van der Waals surface area (Å²) in [6.07, 6.45) is 3.45. The maximum absolute atomic E-state index is 13.0. The normalized spacial score (nSPS) is 18.3. The Kier molecular flexibility index (Phi) is 2.51. The third-order valence-corrected chi connectivity index (χ3v) is 3.28. The van der Waals surface area contributed by atoms with Gasteiger partial charge in [-0.05, 0) is 32.3 Å². The minimum absolute atomic E-state index is 0.0925. The molecule has 0 heterocycles. The van der Waals surface area contributed by atoms with E-state index in [0.717, 1.165) is 18.5 Å². The maximum atomic E-state index is 13.0. The van der Waals surface area contributed by atoms with Crippen LogP contribution in [-0.4, -0.2) is 5.54 Å². The summed E-state index contributed by atoms with van der Waals surface area (Å²) < 4.78 is 13.0. The van der Waals surface area contributed by atoms with E-state index in [0.29, 0.717) is 5.69 Å². The highest BCUT2D eigenvalue weighted by Gasteiger charge is 2.31. The van der Waals surface area contributed by atoms with Gasteiger partial charge in [0.2, 0.25) is 0 Å². The van der Waals surface area contributed by atoms with Crippen molar-refractivity contribution in [1.29, 1.82) is 0 Å². The molecule has 4 heteroatoms. The van der Waals surface area contributed by atoms with Gasteiger partial charge < -0.3 is 11.1 Å². The van der Waals surface area contributed by atoms with Gasteiger partial charge in [-0.2, -0.15) is 0 Å². The van der Waals surface area contributed by atoms with Crippen molar-refractivity contribution in [2.75, 3.05) is 11.1 Å². The number of benzene rings is 1. The average Bonchev–Trinajstić information content (AvgIpc) is 2.11. The Bertz CT molecular complexity index is 388. The zero-order valence-corrected chi connectivity index (χ0v) is 9.37. The van der Waals surface area contributed by atoms with E-state index in [1.807, 2.05) is 0 Å². The largest absolute Gasteiger partial charge is 0.397 e. The molecular weight excluding hydrogens is 215 g/mol. The lowest BCUT2D eigenvalue weighted by atomic mass is 9.78. The van der Waals surface area contributed by atoms with Crippen molar-refractivity contribution in [3.63, 3.8) is 0 Å². The molecule has 0 spiro atoms. The summed E-state index contributed by atoms with van der Waals surface area (Å²) in [5, 5.41) is 3.42. The summed E-state index contributed by atoms with van der Waals surface area (Å²) in [5.74, 6) is -0.474. The second-order valence-corrected chi connectivity index (χ2v) is 4.80. The van der Waals surface area contributed by atoms with E-state index in [1.54, 1.807) is 6.07 Å². The summed E-state index contributed by atoms with van der Waals surface area (Å²) in [5.41, 5.74) is 6.94. The van der Waals surface area contributed by atoms with Crippen LogP contribution in [0.2, 0.25) is 5.02 Å². The molecule has 0 amide bonds. The zero-order valence-electron chi connectivity index (χ0n) is 8.61. The van der Waals surface area contributed by atoms with E-state index in [2.05, 4.69) is 12.2 Å². The fraction of sp³-hybridized carbons (Fsp3) is 0.455. The van der Waals surface area contributed by atoms with Crippen molar-refractivity contribution in [2.24, 2.45) is 0 Å². The molecule has 2 rings (SSSR count). The lowest BCUT2D eigenvalue weighted by Gasteiger charge is -2.40. The first-order valence-electron chi connectivity index (χ1n) is 5.03. The summed E-state index contributed by atoms with van der Waals surface area (Å²) >= 11 is 5.71. The third-order valence-electron chi connectivity index (χ3n) is 2.99. The molecule has 0 radical (unpaired) electrons. The molecule has 15 heavy (non-hydrogen) atoms. The number of halogens is 2. The van der Waals surface area contributed by atoms with Gasteiger partial charge in [0.25, 0.3) is 0 Å². The Balaban J connectivity index is 2.24. The minimum atomic E-state index is -0.474. The molecule has 0 aromatic heterocycles. The van der Waals surface area contributed by atoms with Crippen LogP contribution in [0.4, 0.5) is 15.8 Å². The van der Waals surface area contributed by atoms with Crippen LogP contribution in [0.25, 0.3) is 0 Å². The van der Waals surface area contributed by atoms with Gasteiger partial charge in [-0.1, -0.05) is 11.6 Å². The second kappa shape index (κ2) is 3.56. The SMILES string of the molecule is CC1(Nc2cc(Cl)c(F)cc2N)CCC1. The fourth-order valence-electron chi connectivity index (χ4n) is 1.83. The third kappa shape index (κ3) is 2.02. The first-order chi connectivity index (χ1) is 7.00. The lowest BCUT2D eigenvalue weighted by Crippen LogP contribution is -2.41. The van der Waals surface area contributed by atoms with Crippen LogP contribution in [0, 0.1) is 5.82 Å². The van der Waals surface area contributed by atoms with Crippen molar-refractivity contribution in [3.8, 4) is 0 Å². The van der Waals surface area contributed by atoms with Gasteiger partial charge in [0, 0.05) is 11.6 Å². The van der Waals surface area contributed by atoms with Gasteiger partial charge in [-0.25, -0.2) is 4.39 Å². The van der Waals surface area contributed by atoms with Crippen LogP contribution >= 0.6 is 11.6 Å².